The summed E-state index contributed by atoms with van der Waals surface area (Å²) in [4.78, 5) is 21.8. The van der Waals surface area contributed by atoms with Gasteiger partial charge in [-0.05, 0) is 35.8 Å². The first kappa shape index (κ1) is 14.2. The van der Waals surface area contributed by atoms with Crippen molar-refractivity contribution in [2.75, 3.05) is 0 Å². The van der Waals surface area contributed by atoms with E-state index in [0.29, 0.717) is 11.4 Å². The van der Waals surface area contributed by atoms with Gasteiger partial charge in [0.2, 0.25) is 0 Å². The largest absolute Gasteiger partial charge is 0.306 e. The number of nitrogens with one attached hydrogen (secondary N) is 1. The molecule has 3 nitrogen and oxygen atoms in total. The average molecular weight is 361 g/mol. The monoisotopic (exact) mass is 360 g/mol. The maximum atomic E-state index is 12.2. The molecule has 0 amide bonds. The first-order valence-corrected chi connectivity index (χ1v) is 8.10. The number of aromatic amines is 1. The zero-order chi connectivity index (χ0) is 15.0. The molecule has 2 aromatic heterocycles. The van der Waals surface area contributed by atoms with Crippen LogP contribution >= 0.6 is 27.3 Å². The fourth-order valence-electron chi connectivity index (χ4n) is 2.10. The van der Waals surface area contributed by atoms with E-state index in [1.807, 2.05) is 43.3 Å². The minimum atomic E-state index is -0.0963. The third-order valence-electron chi connectivity index (χ3n) is 3.29. The van der Waals surface area contributed by atoms with Crippen molar-refractivity contribution in [3.63, 3.8) is 0 Å². The van der Waals surface area contributed by atoms with Crippen LogP contribution in [0, 0.1) is 13.8 Å². The molecule has 2 heterocycles. The average Bonchev–Trinajstić information content (AvgIpc) is 2.82. The number of halogens is 1. The topological polar surface area (TPSA) is 45.8 Å². The molecule has 5 heteroatoms. The number of aromatic nitrogens is 2. The summed E-state index contributed by atoms with van der Waals surface area (Å²) in [7, 11) is 0. The molecule has 0 bridgehead atoms. The molecule has 0 spiro atoms. The van der Waals surface area contributed by atoms with E-state index in [4.69, 9.17) is 0 Å². The number of rotatable bonds is 2. The van der Waals surface area contributed by atoms with E-state index in [1.54, 1.807) is 18.3 Å². The smallest absolute Gasteiger partial charge is 0.254 e. The van der Waals surface area contributed by atoms with Crippen molar-refractivity contribution < 1.29 is 0 Å². The van der Waals surface area contributed by atoms with Crippen molar-refractivity contribution in [1.82, 2.24) is 9.97 Å². The van der Waals surface area contributed by atoms with E-state index in [0.717, 1.165) is 25.5 Å². The van der Waals surface area contributed by atoms with Crippen LogP contribution in [0.1, 0.15) is 10.4 Å². The summed E-state index contributed by atoms with van der Waals surface area (Å²) in [5.41, 5.74) is 2.23. The molecule has 0 fully saturated rings. The minimum absolute atomic E-state index is 0.0963. The van der Waals surface area contributed by atoms with Crippen molar-refractivity contribution in [3.8, 4) is 22.0 Å². The predicted molar refractivity (Wildman–Crippen MR) is 90.8 cm³/mol. The van der Waals surface area contributed by atoms with Crippen LogP contribution in [0.15, 0.2) is 45.7 Å². The zero-order valence-corrected chi connectivity index (χ0v) is 14.0. The zero-order valence-electron chi connectivity index (χ0n) is 11.6. The van der Waals surface area contributed by atoms with Crippen LogP contribution in [-0.2, 0) is 0 Å². The van der Waals surface area contributed by atoms with Gasteiger partial charge in [0.15, 0.2) is 5.82 Å². The van der Waals surface area contributed by atoms with Crippen molar-refractivity contribution in [1.29, 1.82) is 0 Å². The maximum absolute atomic E-state index is 12.2. The van der Waals surface area contributed by atoms with Gasteiger partial charge in [-0.2, -0.15) is 0 Å². The Hall–Kier alpha value is -1.72. The lowest BCUT2D eigenvalue weighted by Gasteiger charge is -2.06. The standard InChI is InChI=1S/C16H13BrN2OS/c1-9-14(11-6-4-3-5-7-11)18-15(19-16(9)20)13-8-12(17)10(2)21-13/h3-8H,1-2H3,(H,18,19,20). The molecule has 0 saturated heterocycles. The summed E-state index contributed by atoms with van der Waals surface area (Å²) in [5.74, 6) is 0.614. The highest BCUT2D eigenvalue weighted by atomic mass is 79.9. The highest BCUT2D eigenvalue weighted by molar-refractivity contribution is 9.10. The molecule has 0 aliphatic carbocycles. The second-order valence-corrected chi connectivity index (χ2v) is 6.88. The van der Waals surface area contributed by atoms with E-state index in [-0.39, 0.29) is 5.56 Å². The summed E-state index contributed by atoms with van der Waals surface area (Å²) in [6.07, 6.45) is 0. The van der Waals surface area contributed by atoms with Gasteiger partial charge in [-0.3, -0.25) is 4.79 Å². The Kier molecular flexibility index (Phi) is 3.78. The predicted octanol–water partition coefficient (Wildman–Crippen LogP) is 4.54. The van der Waals surface area contributed by atoms with Crippen LogP contribution in [0.5, 0.6) is 0 Å². The number of aryl methyl sites for hydroxylation is 1. The van der Waals surface area contributed by atoms with Gasteiger partial charge in [0, 0.05) is 20.5 Å². The van der Waals surface area contributed by atoms with E-state index in [1.165, 1.54) is 0 Å². The Labute approximate surface area is 134 Å². The fourth-order valence-corrected chi connectivity index (χ4v) is 3.58. The highest BCUT2D eigenvalue weighted by Crippen LogP contribution is 2.32. The first-order chi connectivity index (χ1) is 10.1. The van der Waals surface area contributed by atoms with Gasteiger partial charge in [0.1, 0.15) is 0 Å². The summed E-state index contributed by atoms with van der Waals surface area (Å²) >= 11 is 5.11. The van der Waals surface area contributed by atoms with E-state index in [9.17, 15) is 4.79 Å². The van der Waals surface area contributed by atoms with Gasteiger partial charge in [-0.25, -0.2) is 4.98 Å². The Balaban J connectivity index is 2.21. The highest BCUT2D eigenvalue weighted by Gasteiger charge is 2.13. The Morgan fingerprint density at radius 3 is 2.52 bits per heavy atom. The molecule has 3 rings (SSSR count). The maximum Gasteiger partial charge on any atom is 0.254 e. The van der Waals surface area contributed by atoms with Crippen molar-refractivity contribution in [2.24, 2.45) is 0 Å². The molecule has 0 atom stereocenters. The third kappa shape index (κ3) is 2.71. The summed E-state index contributed by atoms with van der Waals surface area (Å²) in [5, 5.41) is 0. The lowest BCUT2D eigenvalue weighted by Crippen LogP contribution is -2.13. The number of H-pyrrole nitrogens is 1. The van der Waals surface area contributed by atoms with Crippen LogP contribution in [0.25, 0.3) is 22.0 Å². The summed E-state index contributed by atoms with van der Waals surface area (Å²) in [6.45, 7) is 3.83. The Morgan fingerprint density at radius 1 is 1.19 bits per heavy atom. The first-order valence-electron chi connectivity index (χ1n) is 6.49. The van der Waals surface area contributed by atoms with Crippen LogP contribution < -0.4 is 5.56 Å². The van der Waals surface area contributed by atoms with Gasteiger partial charge in [0.25, 0.3) is 5.56 Å². The van der Waals surface area contributed by atoms with Crippen LogP contribution in [-0.4, -0.2) is 9.97 Å². The fraction of sp³-hybridized carbons (Fsp3) is 0.125. The van der Waals surface area contributed by atoms with Crippen molar-refractivity contribution >= 4 is 27.3 Å². The molecule has 3 aromatic rings. The second kappa shape index (κ2) is 5.58. The molecule has 0 unspecified atom stereocenters. The van der Waals surface area contributed by atoms with E-state index in [2.05, 4.69) is 25.9 Å². The van der Waals surface area contributed by atoms with Crippen LogP contribution in [0.2, 0.25) is 0 Å². The SMILES string of the molecule is Cc1sc(-c2nc(-c3ccccc3)c(C)c(=O)[nH]2)cc1Br. The minimum Gasteiger partial charge on any atom is -0.306 e. The van der Waals surface area contributed by atoms with E-state index < -0.39 is 0 Å². The quantitative estimate of drug-likeness (QED) is 0.728. The van der Waals surface area contributed by atoms with E-state index >= 15 is 0 Å². The third-order valence-corrected chi connectivity index (χ3v) is 5.43. The number of hydrogen-bond acceptors (Lipinski definition) is 3. The molecule has 0 radical (unpaired) electrons. The molecule has 21 heavy (non-hydrogen) atoms. The summed E-state index contributed by atoms with van der Waals surface area (Å²) in [6, 6.07) is 11.8. The van der Waals surface area contributed by atoms with Gasteiger partial charge in [-0.1, -0.05) is 30.3 Å². The number of nitrogens with zero attached hydrogens (tertiary/aromatic N) is 1. The van der Waals surface area contributed by atoms with Crippen molar-refractivity contribution in [3.05, 3.63) is 61.7 Å². The Bertz CT molecular complexity index is 833. The van der Waals surface area contributed by atoms with Gasteiger partial charge >= 0.3 is 0 Å². The number of thiophene rings is 1. The van der Waals surface area contributed by atoms with Crippen molar-refractivity contribution in [2.45, 2.75) is 13.8 Å². The van der Waals surface area contributed by atoms with Gasteiger partial charge < -0.3 is 4.98 Å². The molecule has 0 saturated carbocycles. The molecule has 0 aliphatic heterocycles. The van der Waals surface area contributed by atoms with Gasteiger partial charge in [-0.15, -0.1) is 11.3 Å². The lowest BCUT2D eigenvalue weighted by atomic mass is 10.1. The normalized spacial score (nSPS) is 10.8. The van der Waals surface area contributed by atoms with Crippen LogP contribution in [0.4, 0.5) is 0 Å². The number of hydrogen-bond donors (Lipinski definition) is 1. The molecule has 1 aromatic carbocycles. The number of benzene rings is 1. The molecular formula is C16H13BrN2OS. The molecule has 0 aliphatic rings. The molecule has 1 N–H and O–H groups in total. The lowest BCUT2D eigenvalue weighted by molar-refractivity contribution is 1.10. The molecule has 106 valence electrons. The Morgan fingerprint density at radius 2 is 1.90 bits per heavy atom. The summed E-state index contributed by atoms with van der Waals surface area (Å²) < 4.78 is 1.03. The second-order valence-electron chi connectivity index (χ2n) is 4.77. The van der Waals surface area contributed by atoms with Crippen LogP contribution in [0.3, 0.4) is 0 Å². The van der Waals surface area contributed by atoms with Gasteiger partial charge in [0.05, 0.1) is 10.6 Å². The molecular weight excluding hydrogens is 348 g/mol.